The first-order chi connectivity index (χ1) is 7.63. The fraction of sp³-hybridized carbons (Fsp3) is 0.0909. The predicted octanol–water partition coefficient (Wildman–Crippen LogP) is 0.489. The summed E-state index contributed by atoms with van der Waals surface area (Å²) >= 11 is 0. The van der Waals surface area contributed by atoms with Crippen molar-refractivity contribution in [3.05, 3.63) is 29.1 Å². The highest BCUT2D eigenvalue weighted by Gasteiger charge is 2.22. The van der Waals surface area contributed by atoms with Crippen molar-refractivity contribution in [1.82, 2.24) is 5.32 Å². The Hall–Kier alpha value is -2.35. The van der Waals surface area contributed by atoms with Gasteiger partial charge in [0.2, 0.25) is 5.91 Å². The first-order valence-corrected chi connectivity index (χ1v) is 4.50. The minimum absolute atomic E-state index is 0.0579. The third-order valence-corrected chi connectivity index (χ3v) is 2.22. The van der Waals surface area contributed by atoms with Crippen LogP contribution in [0.15, 0.2) is 12.1 Å². The molecule has 1 heterocycles. The van der Waals surface area contributed by atoms with E-state index in [-0.39, 0.29) is 23.4 Å². The number of hydrogen-bond acceptors (Lipinski definition) is 2. The quantitative estimate of drug-likeness (QED) is 0.622. The molecule has 5 heteroatoms. The molecule has 1 aromatic rings. The molecule has 2 N–H and O–H groups in total. The third-order valence-electron chi connectivity index (χ3n) is 2.22. The van der Waals surface area contributed by atoms with E-state index in [4.69, 9.17) is 6.42 Å². The van der Waals surface area contributed by atoms with Crippen LogP contribution in [0.3, 0.4) is 0 Å². The molecule has 0 bridgehead atoms. The molecule has 0 saturated carbocycles. The zero-order valence-electron chi connectivity index (χ0n) is 8.13. The van der Waals surface area contributed by atoms with Gasteiger partial charge in [-0.2, -0.15) is 0 Å². The Balaban J connectivity index is 2.69. The van der Waals surface area contributed by atoms with Gasteiger partial charge < -0.3 is 10.6 Å². The minimum Gasteiger partial charge on any atom is -0.343 e. The van der Waals surface area contributed by atoms with Crippen LogP contribution >= 0.6 is 0 Å². The maximum absolute atomic E-state index is 13.3. The van der Waals surface area contributed by atoms with Crippen LogP contribution in [0.5, 0.6) is 0 Å². The number of amides is 2. The first kappa shape index (κ1) is 10.2. The van der Waals surface area contributed by atoms with E-state index in [2.05, 4.69) is 16.6 Å². The molecular weight excluding hydrogens is 211 g/mol. The number of benzene rings is 1. The number of terminal acetylenes is 1. The van der Waals surface area contributed by atoms with Crippen molar-refractivity contribution in [2.24, 2.45) is 0 Å². The maximum atomic E-state index is 13.3. The van der Waals surface area contributed by atoms with Gasteiger partial charge in [-0.05, 0) is 12.1 Å². The average Bonchev–Trinajstić information content (AvgIpc) is 2.39. The molecule has 0 atom stereocenters. The van der Waals surface area contributed by atoms with E-state index in [0.29, 0.717) is 0 Å². The summed E-state index contributed by atoms with van der Waals surface area (Å²) in [6.45, 7) is -0.154. The summed E-state index contributed by atoms with van der Waals surface area (Å²) in [6.07, 6.45) is 5.14. The van der Waals surface area contributed by atoms with Crippen molar-refractivity contribution >= 4 is 17.5 Å². The van der Waals surface area contributed by atoms with Gasteiger partial charge in [-0.3, -0.25) is 9.59 Å². The largest absolute Gasteiger partial charge is 0.343 e. The number of halogens is 1. The molecule has 0 aliphatic carbocycles. The summed E-state index contributed by atoms with van der Waals surface area (Å²) < 4.78 is 13.3. The van der Waals surface area contributed by atoms with E-state index in [1.165, 1.54) is 6.07 Å². The molecular formula is C11H7FN2O2. The summed E-state index contributed by atoms with van der Waals surface area (Å²) in [5.41, 5.74) is 0.116. The highest BCUT2D eigenvalue weighted by Crippen LogP contribution is 2.24. The van der Waals surface area contributed by atoms with Crippen molar-refractivity contribution in [3.8, 4) is 12.3 Å². The smallest absolute Gasteiger partial charge is 0.253 e. The Labute approximate surface area is 90.8 Å². The third kappa shape index (κ3) is 1.50. The fourth-order valence-corrected chi connectivity index (χ4v) is 1.48. The van der Waals surface area contributed by atoms with Crippen LogP contribution in [-0.2, 0) is 4.79 Å². The standard InChI is InChI=1S/C11H7FN2O2/c1-2-6-8(12)4-3-7-10(6)14-9(15)5-13-11(7)16/h1,3-4H,5H2,(H,13,16)(H,14,15). The molecule has 4 nitrogen and oxygen atoms in total. The van der Waals surface area contributed by atoms with Gasteiger partial charge >= 0.3 is 0 Å². The Kier molecular flexibility index (Phi) is 2.33. The normalized spacial score (nSPS) is 14.2. The van der Waals surface area contributed by atoms with Crippen LogP contribution in [0, 0.1) is 18.2 Å². The zero-order valence-corrected chi connectivity index (χ0v) is 8.13. The summed E-state index contributed by atoms with van der Waals surface area (Å²) in [4.78, 5) is 22.8. The van der Waals surface area contributed by atoms with Crippen LogP contribution in [0.4, 0.5) is 10.1 Å². The van der Waals surface area contributed by atoms with Crippen molar-refractivity contribution in [2.45, 2.75) is 0 Å². The van der Waals surface area contributed by atoms with Gasteiger partial charge in [0.25, 0.3) is 5.91 Å². The fourth-order valence-electron chi connectivity index (χ4n) is 1.48. The van der Waals surface area contributed by atoms with E-state index in [9.17, 15) is 14.0 Å². The summed E-state index contributed by atoms with van der Waals surface area (Å²) in [6, 6.07) is 2.39. The number of anilines is 1. The van der Waals surface area contributed by atoms with Gasteiger partial charge in [0.05, 0.1) is 23.4 Å². The molecule has 0 fully saturated rings. The van der Waals surface area contributed by atoms with E-state index in [1.807, 2.05) is 0 Å². The Bertz CT molecular complexity index is 532. The molecule has 16 heavy (non-hydrogen) atoms. The highest BCUT2D eigenvalue weighted by molar-refractivity contribution is 6.09. The number of fused-ring (bicyclic) bond motifs is 1. The Morgan fingerprint density at radius 1 is 1.38 bits per heavy atom. The molecule has 2 amide bonds. The monoisotopic (exact) mass is 218 g/mol. The van der Waals surface area contributed by atoms with E-state index in [0.717, 1.165) is 6.07 Å². The van der Waals surface area contributed by atoms with E-state index >= 15 is 0 Å². The predicted molar refractivity (Wildman–Crippen MR) is 55.3 cm³/mol. The van der Waals surface area contributed by atoms with Gasteiger partial charge in [-0.1, -0.05) is 5.92 Å². The zero-order chi connectivity index (χ0) is 11.7. The highest BCUT2D eigenvalue weighted by atomic mass is 19.1. The molecule has 2 rings (SSSR count). The number of carbonyl (C=O) groups excluding carboxylic acids is 2. The van der Waals surface area contributed by atoms with Crippen LogP contribution in [0.25, 0.3) is 0 Å². The molecule has 0 spiro atoms. The van der Waals surface area contributed by atoms with Gasteiger partial charge in [0.15, 0.2) is 0 Å². The molecule has 80 valence electrons. The lowest BCUT2D eigenvalue weighted by molar-refractivity contribution is -0.115. The summed E-state index contributed by atoms with van der Waals surface area (Å²) in [5, 5.41) is 4.79. The molecule has 1 aliphatic heterocycles. The van der Waals surface area contributed by atoms with Gasteiger partial charge in [-0.25, -0.2) is 4.39 Å². The van der Waals surface area contributed by atoms with E-state index in [1.54, 1.807) is 0 Å². The van der Waals surface area contributed by atoms with Crippen molar-refractivity contribution in [2.75, 3.05) is 11.9 Å². The van der Waals surface area contributed by atoms with Crippen LogP contribution in [0.1, 0.15) is 15.9 Å². The Morgan fingerprint density at radius 2 is 2.12 bits per heavy atom. The second kappa shape index (κ2) is 3.66. The molecule has 0 radical (unpaired) electrons. The number of carbonyl (C=O) groups is 2. The van der Waals surface area contributed by atoms with Crippen LogP contribution in [0.2, 0.25) is 0 Å². The molecule has 1 aliphatic rings. The van der Waals surface area contributed by atoms with Crippen molar-refractivity contribution < 1.29 is 14.0 Å². The van der Waals surface area contributed by atoms with Crippen molar-refractivity contribution in [3.63, 3.8) is 0 Å². The Morgan fingerprint density at radius 3 is 2.81 bits per heavy atom. The summed E-state index contributed by atoms with van der Waals surface area (Å²) in [5.74, 6) is 0.590. The lowest BCUT2D eigenvalue weighted by Gasteiger charge is -2.08. The molecule has 0 saturated heterocycles. The van der Waals surface area contributed by atoms with Crippen molar-refractivity contribution in [1.29, 1.82) is 0 Å². The summed E-state index contributed by atoms with van der Waals surface area (Å²) in [7, 11) is 0. The second-order valence-electron chi connectivity index (χ2n) is 3.22. The lowest BCUT2D eigenvalue weighted by Crippen LogP contribution is -2.28. The average molecular weight is 218 g/mol. The maximum Gasteiger partial charge on any atom is 0.253 e. The minimum atomic E-state index is -0.642. The van der Waals surface area contributed by atoms with Gasteiger partial charge in [-0.15, -0.1) is 6.42 Å². The molecule has 0 unspecified atom stereocenters. The van der Waals surface area contributed by atoms with Crippen LogP contribution < -0.4 is 10.6 Å². The van der Waals surface area contributed by atoms with Gasteiger partial charge in [0.1, 0.15) is 5.82 Å². The van der Waals surface area contributed by atoms with Gasteiger partial charge in [0, 0.05) is 0 Å². The SMILES string of the molecule is C#Cc1c(F)ccc2c1NC(=O)CNC2=O. The van der Waals surface area contributed by atoms with E-state index < -0.39 is 17.6 Å². The molecule has 0 aromatic heterocycles. The second-order valence-corrected chi connectivity index (χ2v) is 3.22. The number of rotatable bonds is 0. The molecule has 1 aromatic carbocycles. The lowest BCUT2D eigenvalue weighted by atomic mass is 10.1. The topological polar surface area (TPSA) is 58.2 Å². The number of hydrogen-bond donors (Lipinski definition) is 2. The van der Waals surface area contributed by atoms with Crippen LogP contribution in [-0.4, -0.2) is 18.4 Å². The number of nitrogens with one attached hydrogen (secondary N) is 2. The first-order valence-electron chi connectivity index (χ1n) is 4.50.